The standard InChI is InChI=1S/C20H24N2O4/c23-18(16-9-2-3-10-17(16)20(25)26)21-15-8-6-7-14(13-15)19(24)22-11-4-1-5-12-22/h2-3,6-8,13,16-17H,1,4-5,9-12H2,(H,21,23)(H,25,26)/t16-,17+/m0/s1. The third kappa shape index (κ3) is 4.12. The maximum absolute atomic E-state index is 12.6. The van der Waals surface area contributed by atoms with Gasteiger partial charge in [0.1, 0.15) is 0 Å². The number of carbonyl (C=O) groups is 3. The highest BCUT2D eigenvalue weighted by Gasteiger charge is 2.34. The van der Waals surface area contributed by atoms with Crippen LogP contribution < -0.4 is 5.32 Å². The zero-order valence-corrected chi connectivity index (χ0v) is 14.7. The number of piperidine rings is 1. The Morgan fingerprint density at radius 2 is 1.69 bits per heavy atom. The first kappa shape index (κ1) is 18.2. The van der Waals surface area contributed by atoms with Gasteiger partial charge < -0.3 is 15.3 Å². The number of rotatable bonds is 4. The highest BCUT2D eigenvalue weighted by atomic mass is 16.4. The number of amides is 2. The number of carbonyl (C=O) groups excluding carboxylic acids is 2. The van der Waals surface area contributed by atoms with Crippen molar-refractivity contribution in [3.8, 4) is 0 Å². The zero-order valence-electron chi connectivity index (χ0n) is 14.7. The van der Waals surface area contributed by atoms with Crippen molar-refractivity contribution in [2.24, 2.45) is 11.8 Å². The van der Waals surface area contributed by atoms with Gasteiger partial charge in [-0.15, -0.1) is 0 Å². The number of anilines is 1. The molecule has 0 aromatic heterocycles. The molecule has 0 radical (unpaired) electrons. The van der Waals surface area contributed by atoms with Crippen molar-refractivity contribution >= 4 is 23.5 Å². The average molecular weight is 356 g/mol. The van der Waals surface area contributed by atoms with Crippen molar-refractivity contribution in [2.75, 3.05) is 18.4 Å². The van der Waals surface area contributed by atoms with E-state index >= 15 is 0 Å². The molecule has 2 aliphatic rings. The van der Waals surface area contributed by atoms with Gasteiger partial charge in [-0.3, -0.25) is 14.4 Å². The number of nitrogens with zero attached hydrogens (tertiary/aromatic N) is 1. The van der Waals surface area contributed by atoms with Crippen LogP contribution in [0, 0.1) is 11.8 Å². The lowest BCUT2D eigenvalue weighted by molar-refractivity contribution is -0.146. The van der Waals surface area contributed by atoms with E-state index in [1.807, 2.05) is 11.0 Å². The minimum absolute atomic E-state index is 0.0233. The maximum Gasteiger partial charge on any atom is 0.307 e. The molecule has 2 atom stereocenters. The minimum atomic E-state index is -0.955. The Balaban J connectivity index is 1.70. The Hall–Kier alpha value is -2.63. The summed E-state index contributed by atoms with van der Waals surface area (Å²) in [6.45, 7) is 1.54. The Kier molecular flexibility index (Phi) is 5.71. The molecule has 1 aromatic rings. The van der Waals surface area contributed by atoms with Gasteiger partial charge in [0.2, 0.25) is 5.91 Å². The molecule has 6 nitrogen and oxygen atoms in total. The smallest absolute Gasteiger partial charge is 0.307 e. The molecule has 0 unspecified atom stereocenters. The fourth-order valence-corrected chi connectivity index (χ4v) is 3.62. The highest BCUT2D eigenvalue weighted by Crippen LogP contribution is 2.27. The third-order valence-electron chi connectivity index (χ3n) is 5.11. The van der Waals surface area contributed by atoms with Crippen LogP contribution >= 0.6 is 0 Å². The minimum Gasteiger partial charge on any atom is -0.481 e. The first-order chi connectivity index (χ1) is 12.6. The van der Waals surface area contributed by atoms with Crippen LogP contribution in [0.5, 0.6) is 0 Å². The van der Waals surface area contributed by atoms with Crippen molar-refractivity contribution in [3.05, 3.63) is 42.0 Å². The summed E-state index contributed by atoms with van der Waals surface area (Å²) in [7, 11) is 0. The van der Waals surface area contributed by atoms with E-state index in [1.54, 1.807) is 30.3 Å². The van der Waals surface area contributed by atoms with Crippen molar-refractivity contribution in [3.63, 3.8) is 0 Å². The normalized spacial score (nSPS) is 22.7. The van der Waals surface area contributed by atoms with Gasteiger partial charge in [0.15, 0.2) is 0 Å². The van der Waals surface area contributed by atoms with Crippen LogP contribution in [-0.4, -0.2) is 40.9 Å². The number of hydrogen-bond acceptors (Lipinski definition) is 3. The van der Waals surface area contributed by atoms with E-state index < -0.39 is 17.8 Å². The molecule has 138 valence electrons. The molecule has 1 heterocycles. The zero-order chi connectivity index (χ0) is 18.5. The van der Waals surface area contributed by atoms with E-state index in [0.29, 0.717) is 24.1 Å². The van der Waals surface area contributed by atoms with E-state index in [9.17, 15) is 19.5 Å². The van der Waals surface area contributed by atoms with Crippen LogP contribution in [0.4, 0.5) is 5.69 Å². The van der Waals surface area contributed by atoms with Crippen LogP contribution in [0.2, 0.25) is 0 Å². The Morgan fingerprint density at radius 1 is 1.00 bits per heavy atom. The summed E-state index contributed by atoms with van der Waals surface area (Å²) in [5.74, 6) is -2.60. The molecule has 1 aliphatic carbocycles. The van der Waals surface area contributed by atoms with E-state index in [0.717, 1.165) is 32.4 Å². The second-order valence-electron chi connectivity index (χ2n) is 6.92. The molecule has 1 aromatic carbocycles. The van der Waals surface area contributed by atoms with Gasteiger partial charge in [-0.2, -0.15) is 0 Å². The number of carboxylic acid groups (broad SMARTS) is 1. The fraction of sp³-hybridized carbons (Fsp3) is 0.450. The third-order valence-corrected chi connectivity index (χ3v) is 5.11. The lowest BCUT2D eigenvalue weighted by Crippen LogP contribution is -2.36. The molecule has 2 N–H and O–H groups in total. The van der Waals surface area contributed by atoms with Gasteiger partial charge in [0.05, 0.1) is 11.8 Å². The molecule has 0 saturated carbocycles. The molecule has 0 bridgehead atoms. The van der Waals surface area contributed by atoms with Crippen LogP contribution in [0.1, 0.15) is 42.5 Å². The number of aliphatic carboxylic acids is 1. The first-order valence-electron chi connectivity index (χ1n) is 9.14. The van der Waals surface area contributed by atoms with Crippen LogP contribution in [0.25, 0.3) is 0 Å². The van der Waals surface area contributed by atoms with E-state index in [1.165, 1.54) is 0 Å². The van der Waals surface area contributed by atoms with Crippen molar-refractivity contribution in [1.29, 1.82) is 0 Å². The summed E-state index contributed by atoms with van der Waals surface area (Å²) in [4.78, 5) is 38.4. The maximum atomic E-state index is 12.6. The Labute approximate surface area is 152 Å². The van der Waals surface area contributed by atoms with Gasteiger partial charge in [0.25, 0.3) is 5.91 Å². The van der Waals surface area contributed by atoms with Crippen LogP contribution in [0.3, 0.4) is 0 Å². The highest BCUT2D eigenvalue weighted by molar-refractivity contribution is 5.98. The van der Waals surface area contributed by atoms with E-state index in [-0.39, 0.29) is 11.8 Å². The molecular weight excluding hydrogens is 332 g/mol. The molecule has 3 rings (SSSR count). The second kappa shape index (κ2) is 8.17. The number of hydrogen-bond donors (Lipinski definition) is 2. The van der Waals surface area contributed by atoms with Gasteiger partial charge in [-0.1, -0.05) is 18.2 Å². The van der Waals surface area contributed by atoms with Crippen LogP contribution in [0.15, 0.2) is 36.4 Å². The number of allylic oxidation sites excluding steroid dienone is 2. The molecule has 1 aliphatic heterocycles. The quantitative estimate of drug-likeness (QED) is 0.812. The van der Waals surface area contributed by atoms with Crippen LogP contribution in [-0.2, 0) is 9.59 Å². The molecule has 6 heteroatoms. The second-order valence-corrected chi connectivity index (χ2v) is 6.92. The lowest BCUT2D eigenvalue weighted by atomic mass is 9.82. The van der Waals surface area contributed by atoms with Gasteiger partial charge in [-0.25, -0.2) is 0 Å². The summed E-state index contributed by atoms with van der Waals surface area (Å²) >= 11 is 0. The average Bonchev–Trinajstić information content (AvgIpc) is 2.68. The predicted octanol–water partition coefficient (Wildman–Crippen LogP) is 2.92. The largest absolute Gasteiger partial charge is 0.481 e. The number of nitrogens with one attached hydrogen (secondary N) is 1. The summed E-state index contributed by atoms with van der Waals surface area (Å²) < 4.78 is 0. The predicted molar refractivity (Wildman–Crippen MR) is 97.8 cm³/mol. The Bertz CT molecular complexity index is 722. The molecule has 1 saturated heterocycles. The SMILES string of the molecule is O=C(Nc1cccc(C(=O)N2CCCCC2)c1)[C@H]1CC=CC[C@H]1C(=O)O. The topological polar surface area (TPSA) is 86.7 Å². The fourth-order valence-electron chi connectivity index (χ4n) is 3.62. The number of carboxylic acids is 1. The van der Waals surface area contributed by atoms with E-state index in [2.05, 4.69) is 5.32 Å². The number of benzene rings is 1. The molecule has 0 spiro atoms. The van der Waals surface area contributed by atoms with Gasteiger partial charge >= 0.3 is 5.97 Å². The summed E-state index contributed by atoms with van der Waals surface area (Å²) in [6.07, 6.45) is 7.62. The molecular formula is C20H24N2O4. The summed E-state index contributed by atoms with van der Waals surface area (Å²) in [5.41, 5.74) is 1.07. The number of likely N-dealkylation sites (tertiary alicyclic amines) is 1. The van der Waals surface area contributed by atoms with Crippen molar-refractivity contribution in [1.82, 2.24) is 4.90 Å². The first-order valence-corrected chi connectivity index (χ1v) is 9.14. The summed E-state index contributed by atoms with van der Waals surface area (Å²) in [5, 5.41) is 12.1. The summed E-state index contributed by atoms with van der Waals surface area (Å²) in [6, 6.07) is 6.88. The van der Waals surface area contributed by atoms with Crippen molar-refractivity contribution in [2.45, 2.75) is 32.1 Å². The molecule has 1 fully saturated rings. The van der Waals surface area contributed by atoms with Gasteiger partial charge in [-0.05, 0) is 50.3 Å². The van der Waals surface area contributed by atoms with E-state index in [4.69, 9.17) is 0 Å². The Morgan fingerprint density at radius 3 is 2.38 bits per heavy atom. The molecule has 2 amide bonds. The lowest BCUT2D eigenvalue weighted by Gasteiger charge is -2.27. The van der Waals surface area contributed by atoms with Gasteiger partial charge in [0, 0.05) is 24.3 Å². The van der Waals surface area contributed by atoms with Crippen molar-refractivity contribution < 1.29 is 19.5 Å². The molecule has 26 heavy (non-hydrogen) atoms. The monoisotopic (exact) mass is 356 g/mol.